The number of halogens is 1. The van der Waals surface area contributed by atoms with Crippen LogP contribution in [0.25, 0.3) is 33.4 Å². The number of ether oxygens (including phenoxy) is 7. The number of alkyl halides is 1. The van der Waals surface area contributed by atoms with Crippen LogP contribution in [0, 0.1) is 0 Å². The summed E-state index contributed by atoms with van der Waals surface area (Å²) in [5.74, 6) is -2.34. The molecular formula is C112H126ClN7O21. The minimum atomic E-state index is -0.713. The molecule has 0 spiro atoms. The predicted molar refractivity (Wildman–Crippen MR) is 538 cm³/mol. The lowest BCUT2D eigenvalue weighted by atomic mass is 9.86. The molecule has 8 aromatic carbocycles. The van der Waals surface area contributed by atoms with Crippen molar-refractivity contribution in [1.82, 2.24) is 19.6 Å². The normalized spacial score (nSPS) is 17.2. The molecule has 3 atom stereocenters. The fraction of sp³-hybridized carbons (Fsp3) is 0.420. The van der Waals surface area contributed by atoms with Crippen LogP contribution in [0.3, 0.4) is 0 Å². The van der Waals surface area contributed by atoms with Gasteiger partial charge >= 0.3 is 23.9 Å². The van der Waals surface area contributed by atoms with Crippen molar-refractivity contribution in [1.29, 1.82) is 0 Å². The molecule has 0 bridgehead atoms. The lowest BCUT2D eigenvalue weighted by Gasteiger charge is -2.39. The number of unbranched alkanes of at least 4 members (excludes halogenated alkanes) is 3. The second kappa shape index (κ2) is 48.0. The standard InChI is InChI=1S/C41H40N2O9.C40H48ClN3O7.C31H38N2O5/c1-41(2,43-16-18-49-19-17-43)39(46)28-12-14-31-33(20-28)34-21-29(50-23-30-24-51-30)13-15-32(34)37(31)25-8-10-26(11-9-25)38(45)35(22-36(44)48-3)42-52-40(47)27-6-4-5-7-27;1-5-43(6-2)18-16-35(42-51-36(46)15-17-41)38(47)28-9-7-27(8-10-28)37-31-13-11-29(39(48)40(3,4)44-19-22-49-23-20-44)25-33(31)34-26-30(50-24-21-45)12-14-32(34)37;1-5-6-7-8-9-28(32-38-21(2)34)29(35)22-10-12-26-24(18-22)20-25-19-23(11-13-27(25)26)30(36)31(3,4)33-14-16-37-17-15-33/h4-6,8-15,20-21,30,37H,7,16-19,22-24H2,1-3H3;7-14,25-26,37,45H,5-6,15-24H2,1-4H3;10-13,18-19H,5-9,14-17,20H2,1-4H3/b2*42-35+;32-28+. The van der Waals surface area contributed by atoms with E-state index in [4.69, 9.17) is 59.3 Å². The van der Waals surface area contributed by atoms with Crippen LogP contribution < -0.4 is 9.47 Å². The molecule has 4 aliphatic heterocycles. The third kappa shape index (κ3) is 25.1. The van der Waals surface area contributed by atoms with Crippen molar-refractivity contribution in [2.45, 2.75) is 168 Å². The van der Waals surface area contributed by atoms with Crippen LogP contribution in [-0.2, 0) is 63.8 Å². The maximum absolute atomic E-state index is 14.0. The zero-order valence-corrected chi connectivity index (χ0v) is 83.1. The highest BCUT2D eigenvalue weighted by Gasteiger charge is 2.43. The van der Waals surface area contributed by atoms with E-state index in [1.165, 1.54) is 14.0 Å². The number of allylic oxidation sites excluding steroid dienone is 3. The predicted octanol–water partition coefficient (Wildman–Crippen LogP) is 17.0. The van der Waals surface area contributed by atoms with E-state index in [-0.39, 0.29) is 95.1 Å². The summed E-state index contributed by atoms with van der Waals surface area (Å²) in [5.41, 5.74) is 15.9. The summed E-state index contributed by atoms with van der Waals surface area (Å²) in [4.78, 5) is 154. The molecule has 4 saturated heterocycles. The van der Waals surface area contributed by atoms with Crippen LogP contribution >= 0.6 is 11.6 Å². The number of carbonyl (C=O) groups excluding carboxylic acids is 10. The summed E-state index contributed by atoms with van der Waals surface area (Å²) >= 11 is 5.68. The Balaban J connectivity index is 0.000000171. The highest BCUT2D eigenvalue weighted by Crippen LogP contribution is 2.52. The van der Waals surface area contributed by atoms with Crippen LogP contribution in [-0.4, -0.2) is 261 Å². The van der Waals surface area contributed by atoms with Gasteiger partial charge in [0.2, 0.25) is 17.3 Å². The summed E-state index contributed by atoms with van der Waals surface area (Å²) in [6.07, 6.45) is 10.6. The van der Waals surface area contributed by atoms with Crippen molar-refractivity contribution in [2.24, 2.45) is 15.5 Å². The lowest BCUT2D eigenvalue weighted by Crippen LogP contribution is -2.54. The van der Waals surface area contributed by atoms with Crippen molar-refractivity contribution in [3.8, 4) is 44.9 Å². The van der Waals surface area contributed by atoms with E-state index in [0.29, 0.717) is 156 Å². The van der Waals surface area contributed by atoms with Crippen LogP contribution in [0.5, 0.6) is 11.5 Å². The van der Waals surface area contributed by atoms with Gasteiger partial charge in [-0.1, -0.05) is 183 Å². The third-order valence-corrected chi connectivity index (χ3v) is 27.6. The van der Waals surface area contributed by atoms with Crippen molar-refractivity contribution in [3.05, 3.63) is 259 Å². The minimum Gasteiger partial charge on any atom is -0.491 e. The minimum absolute atomic E-state index is 0.00204. The number of carbonyl (C=O) groups is 10. The van der Waals surface area contributed by atoms with E-state index < -0.39 is 52.7 Å². The Bertz CT molecular complexity index is 6130. The Labute approximate surface area is 828 Å². The van der Waals surface area contributed by atoms with Gasteiger partial charge in [-0.05, 0) is 207 Å². The quantitative estimate of drug-likeness (QED) is 0.00543. The van der Waals surface area contributed by atoms with Gasteiger partial charge in [-0.2, -0.15) is 0 Å². The van der Waals surface area contributed by atoms with E-state index in [1.807, 2.05) is 175 Å². The Kier molecular flexibility index (Phi) is 35.6. The van der Waals surface area contributed by atoms with Crippen LogP contribution in [0.15, 0.2) is 197 Å². The number of rotatable bonds is 41. The second-order valence-electron chi connectivity index (χ2n) is 37.6. The fourth-order valence-electron chi connectivity index (χ4n) is 19.0. The van der Waals surface area contributed by atoms with Gasteiger partial charge in [0, 0.05) is 116 Å². The van der Waals surface area contributed by atoms with Crippen molar-refractivity contribution in [2.75, 3.05) is 138 Å². The van der Waals surface area contributed by atoms with E-state index in [9.17, 15) is 53.1 Å². The Morgan fingerprint density at radius 3 is 1.37 bits per heavy atom. The van der Waals surface area contributed by atoms with Crippen LogP contribution in [0.2, 0.25) is 0 Å². The average molecular weight is 1940 g/mol. The number of aliphatic hydroxyl groups is 1. The molecule has 0 aromatic heterocycles. The summed E-state index contributed by atoms with van der Waals surface area (Å²) in [5, 5.41) is 21.0. The highest BCUT2D eigenvalue weighted by atomic mass is 35.5. The molecule has 0 saturated carbocycles. The number of esters is 1. The highest BCUT2D eigenvalue weighted by molar-refractivity contribution is 6.48. The van der Waals surface area contributed by atoms with Crippen LogP contribution in [0.4, 0.5) is 0 Å². The smallest absolute Gasteiger partial charge is 0.362 e. The number of hydrogen-bond acceptors (Lipinski definition) is 28. The number of nitrogens with zero attached hydrogens (tertiary/aromatic N) is 7. The Hall–Kier alpha value is -12.3. The largest absolute Gasteiger partial charge is 0.491 e. The van der Waals surface area contributed by atoms with Gasteiger partial charge in [0.15, 0.2) is 17.3 Å². The molecule has 28 nitrogen and oxygen atoms in total. The molecule has 8 aliphatic rings. The number of morpholine rings is 3. The maximum Gasteiger partial charge on any atom is 0.362 e. The monoisotopic (exact) mass is 1940 g/mol. The molecule has 742 valence electrons. The van der Waals surface area contributed by atoms with Gasteiger partial charge in [0.05, 0.1) is 89.4 Å². The molecule has 3 unspecified atom stereocenters. The number of benzene rings is 8. The average Bonchev–Trinajstić information content (AvgIpc) is 1.59. The first kappa shape index (κ1) is 105. The number of aliphatic hydroxyl groups excluding tert-OH is 1. The van der Waals surface area contributed by atoms with E-state index in [1.54, 1.807) is 42.5 Å². The SMILES string of the molecule is CCCCCC/C(=N\OC(C)=O)C(=O)c1ccc2c(c1)Cc1cc(C(=O)C(C)(C)N3CCOCC3)ccc1-2.CCN(CC)CC/C(=N\OC(=O)CCCl)C(=O)c1ccc(C2c3ccc(OCCO)cc3-c3cc(C(=O)C(C)(C)N4CCOCC4)ccc32)cc1.COC(=O)C/C(=N\OC(=O)C1=CC=CC1)C(=O)c1ccc(C2c3ccc(OCC4CO4)cc3-c3cc(C(=O)C(C)(C)N4CCOCC4)ccc32)cc1. The first-order chi connectivity index (χ1) is 68.0. The number of ketones is 6. The lowest BCUT2D eigenvalue weighted by molar-refractivity contribution is -0.143. The van der Waals surface area contributed by atoms with Gasteiger partial charge in [-0.15, -0.1) is 11.6 Å². The third-order valence-electron chi connectivity index (χ3n) is 27.5. The summed E-state index contributed by atoms with van der Waals surface area (Å²) in [7, 11) is 1.21. The Morgan fingerprint density at radius 2 is 0.908 bits per heavy atom. The Morgan fingerprint density at radius 1 is 0.475 bits per heavy atom. The molecule has 141 heavy (non-hydrogen) atoms. The molecule has 16 rings (SSSR count). The van der Waals surface area contributed by atoms with E-state index >= 15 is 0 Å². The van der Waals surface area contributed by atoms with E-state index in [0.717, 1.165) is 130 Å². The van der Waals surface area contributed by atoms with Gasteiger partial charge < -0.3 is 57.7 Å². The van der Waals surface area contributed by atoms with Gasteiger partial charge in [0.1, 0.15) is 48.0 Å². The van der Waals surface area contributed by atoms with Gasteiger partial charge in [-0.25, -0.2) is 14.4 Å². The van der Waals surface area contributed by atoms with E-state index in [2.05, 4.69) is 55.8 Å². The number of fused-ring (bicyclic) bond motifs is 9. The number of methoxy groups -OCH3 is 1. The number of Topliss-reactive ketones (excluding diaryl/α,β-unsaturated/α-hetero) is 6. The summed E-state index contributed by atoms with van der Waals surface area (Å²) < 4.78 is 38.5. The number of oxime groups is 3. The molecule has 4 fully saturated rings. The zero-order chi connectivity index (χ0) is 100. The van der Waals surface area contributed by atoms with Crippen molar-refractivity contribution >= 4 is 87.3 Å². The fourth-order valence-corrected chi connectivity index (χ4v) is 19.2. The molecule has 0 amide bonds. The van der Waals surface area contributed by atoms with Gasteiger partial charge in [-0.3, -0.25) is 48.3 Å². The molecule has 8 aromatic rings. The molecule has 0 radical (unpaired) electrons. The molecule has 4 aliphatic carbocycles. The summed E-state index contributed by atoms with van der Waals surface area (Å²) in [6, 6.07) is 49.9. The summed E-state index contributed by atoms with van der Waals surface area (Å²) in [6.45, 7) is 30.7. The molecule has 29 heteroatoms. The molecule has 4 heterocycles. The zero-order valence-electron chi connectivity index (χ0n) is 82.3. The number of epoxide rings is 1. The molecular weight excluding hydrogens is 1810 g/mol. The van der Waals surface area contributed by atoms with Crippen LogP contribution in [0.1, 0.15) is 246 Å². The second-order valence-corrected chi connectivity index (χ2v) is 37.9. The molecule has 1 N–H and O–H groups in total. The van der Waals surface area contributed by atoms with Crippen molar-refractivity contribution < 1.29 is 101 Å². The maximum atomic E-state index is 14.0. The van der Waals surface area contributed by atoms with Crippen molar-refractivity contribution in [3.63, 3.8) is 0 Å². The topological polar surface area (TPSA) is 337 Å². The number of hydrogen-bond donors (Lipinski definition) is 1. The first-order valence-electron chi connectivity index (χ1n) is 48.8. The first-order valence-corrected chi connectivity index (χ1v) is 49.3. The van der Waals surface area contributed by atoms with Gasteiger partial charge in [0.25, 0.3) is 0 Å².